The first-order valence-electron chi connectivity index (χ1n) is 10.6. The molecule has 0 heterocycles. The van der Waals surface area contributed by atoms with Crippen LogP contribution >= 0.6 is 34.8 Å². The molecule has 0 fully saturated rings. The Bertz CT molecular complexity index is 1350. The first-order chi connectivity index (χ1) is 17.3. The highest BCUT2D eigenvalue weighted by molar-refractivity contribution is 6.42. The maximum absolute atomic E-state index is 12.6. The molecule has 36 heavy (non-hydrogen) atoms. The molecule has 0 aliphatic rings. The molecule has 0 saturated carbocycles. The molecule has 0 saturated heterocycles. The molecule has 0 aromatic heterocycles. The zero-order valence-corrected chi connectivity index (χ0v) is 21.2. The fourth-order valence-corrected chi connectivity index (χ4v) is 3.46. The lowest BCUT2D eigenvalue weighted by Crippen LogP contribution is -2.20. The molecule has 7 nitrogen and oxygen atoms in total. The number of carbonyl (C=O) groups excluding carboxylic acids is 2. The Labute approximate surface area is 223 Å². The van der Waals surface area contributed by atoms with E-state index in [2.05, 4.69) is 10.6 Å². The zero-order valence-electron chi connectivity index (χ0n) is 19.0. The molecule has 3 rings (SSSR count). The van der Waals surface area contributed by atoms with Gasteiger partial charge in [-0.3, -0.25) is 9.59 Å². The molecule has 3 aromatic carbocycles. The highest BCUT2D eigenvalue weighted by Gasteiger charge is 2.14. The van der Waals surface area contributed by atoms with Crippen molar-refractivity contribution in [3.63, 3.8) is 0 Å². The van der Waals surface area contributed by atoms with Crippen molar-refractivity contribution in [3.05, 3.63) is 86.9 Å². The molecule has 2 N–H and O–H groups in total. The Hall–Kier alpha value is -3.70. The van der Waals surface area contributed by atoms with Crippen molar-refractivity contribution >= 4 is 64.1 Å². The summed E-state index contributed by atoms with van der Waals surface area (Å²) in [6.45, 7) is 1.83. The molecule has 2 amide bonds. The van der Waals surface area contributed by atoms with E-state index in [0.717, 1.165) is 0 Å². The number of nitrogens with one attached hydrogen (secondary N) is 2. The van der Waals surface area contributed by atoms with Gasteiger partial charge in [-0.1, -0.05) is 53.0 Å². The van der Waals surface area contributed by atoms with Gasteiger partial charge in [0, 0.05) is 5.69 Å². The molecular weight excluding hydrogens is 525 g/mol. The Morgan fingerprint density at radius 3 is 2.39 bits per heavy atom. The number of halogens is 3. The minimum atomic E-state index is -0.608. The zero-order chi connectivity index (χ0) is 26.1. The van der Waals surface area contributed by atoms with Gasteiger partial charge in [0.05, 0.1) is 27.4 Å². The molecule has 0 aliphatic heterocycles. The van der Waals surface area contributed by atoms with Crippen molar-refractivity contribution in [3.8, 4) is 17.6 Å². The smallest absolute Gasteiger partial charge is 0.266 e. The summed E-state index contributed by atoms with van der Waals surface area (Å²) in [4.78, 5) is 24.9. The Kier molecular flexibility index (Phi) is 9.60. The van der Waals surface area contributed by atoms with Gasteiger partial charge in [0.2, 0.25) is 0 Å². The normalized spacial score (nSPS) is 10.8. The van der Waals surface area contributed by atoms with E-state index in [-0.39, 0.29) is 12.2 Å². The number of nitrogens with zero attached hydrogens (tertiary/aromatic N) is 1. The van der Waals surface area contributed by atoms with E-state index < -0.39 is 11.8 Å². The predicted molar refractivity (Wildman–Crippen MR) is 142 cm³/mol. The number of carbonyl (C=O) groups is 2. The number of ether oxygens (including phenoxy) is 2. The van der Waals surface area contributed by atoms with E-state index in [9.17, 15) is 14.9 Å². The van der Waals surface area contributed by atoms with E-state index in [4.69, 9.17) is 44.3 Å². The number of amides is 2. The van der Waals surface area contributed by atoms with Gasteiger partial charge in [0.1, 0.15) is 11.6 Å². The van der Waals surface area contributed by atoms with Crippen molar-refractivity contribution in [2.45, 2.75) is 6.92 Å². The minimum Gasteiger partial charge on any atom is -0.490 e. The standard InChI is InChI=1S/C26H20Cl3N3O4/c1-2-35-24-12-16(11-17(14-30)26(34)32-22-6-4-3-5-20(22)28)7-10-23(24)36-15-25(33)31-18-8-9-19(27)21(29)13-18/h3-13H,2,15H2,1H3,(H,31,33)(H,32,34)/b17-11+. The van der Waals surface area contributed by atoms with Crippen LogP contribution in [0.4, 0.5) is 11.4 Å². The van der Waals surface area contributed by atoms with Gasteiger partial charge >= 0.3 is 0 Å². The third kappa shape index (κ3) is 7.40. The fourth-order valence-electron chi connectivity index (χ4n) is 2.98. The van der Waals surface area contributed by atoms with Crippen LogP contribution in [-0.4, -0.2) is 25.0 Å². The lowest BCUT2D eigenvalue weighted by atomic mass is 10.1. The Balaban J connectivity index is 1.71. The topological polar surface area (TPSA) is 100 Å². The number of anilines is 2. The van der Waals surface area contributed by atoms with Crippen LogP contribution in [0.3, 0.4) is 0 Å². The monoisotopic (exact) mass is 543 g/mol. The molecule has 184 valence electrons. The first-order valence-corrected chi connectivity index (χ1v) is 11.8. The molecule has 0 aliphatic carbocycles. The summed E-state index contributed by atoms with van der Waals surface area (Å²) in [7, 11) is 0. The molecule has 0 unspecified atom stereocenters. The summed E-state index contributed by atoms with van der Waals surface area (Å²) in [5, 5.41) is 15.8. The highest BCUT2D eigenvalue weighted by atomic mass is 35.5. The van der Waals surface area contributed by atoms with Crippen LogP contribution < -0.4 is 20.1 Å². The van der Waals surface area contributed by atoms with E-state index in [1.165, 1.54) is 12.1 Å². The van der Waals surface area contributed by atoms with E-state index >= 15 is 0 Å². The van der Waals surface area contributed by atoms with Gasteiger partial charge in [0.25, 0.3) is 11.8 Å². The highest BCUT2D eigenvalue weighted by Crippen LogP contribution is 2.30. The molecular formula is C26H20Cl3N3O4. The molecule has 0 atom stereocenters. The van der Waals surface area contributed by atoms with Crippen LogP contribution in [0, 0.1) is 11.3 Å². The molecule has 10 heteroatoms. The second kappa shape index (κ2) is 12.8. The van der Waals surface area contributed by atoms with Crippen LogP contribution in [0.25, 0.3) is 6.08 Å². The number of benzene rings is 3. The predicted octanol–water partition coefficient (Wildman–Crippen LogP) is 6.61. The lowest BCUT2D eigenvalue weighted by Gasteiger charge is -2.13. The summed E-state index contributed by atoms with van der Waals surface area (Å²) < 4.78 is 11.3. The van der Waals surface area contributed by atoms with Gasteiger partial charge in [0.15, 0.2) is 18.1 Å². The van der Waals surface area contributed by atoms with E-state index in [1.54, 1.807) is 61.5 Å². The number of rotatable bonds is 9. The van der Waals surface area contributed by atoms with E-state index in [1.807, 2.05) is 6.07 Å². The molecule has 0 radical (unpaired) electrons. The summed E-state index contributed by atoms with van der Waals surface area (Å²) in [5.74, 6) is -0.361. The van der Waals surface area contributed by atoms with Gasteiger partial charge in [-0.2, -0.15) is 5.26 Å². The summed E-state index contributed by atoms with van der Waals surface area (Å²) >= 11 is 17.9. The number of hydrogen-bond acceptors (Lipinski definition) is 5. The van der Waals surface area contributed by atoms with Gasteiger partial charge in [-0.25, -0.2) is 0 Å². The third-order valence-corrected chi connectivity index (χ3v) is 5.70. The van der Waals surface area contributed by atoms with Crippen LogP contribution in [0.1, 0.15) is 12.5 Å². The maximum atomic E-state index is 12.6. The summed E-state index contributed by atoms with van der Waals surface area (Å²) in [6, 6.07) is 18.2. The van der Waals surface area contributed by atoms with Gasteiger partial charge in [-0.05, 0) is 61.0 Å². The second-order valence-electron chi connectivity index (χ2n) is 7.21. The number of hydrogen-bond donors (Lipinski definition) is 2. The Morgan fingerprint density at radius 1 is 0.917 bits per heavy atom. The molecule has 3 aromatic rings. The minimum absolute atomic E-state index is 0.132. The lowest BCUT2D eigenvalue weighted by molar-refractivity contribution is -0.118. The van der Waals surface area contributed by atoms with Crippen molar-refractivity contribution < 1.29 is 19.1 Å². The first kappa shape index (κ1) is 26.9. The molecule has 0 bridgehead atoms. The number of nitriles is 1. The third-order valence-electron chi connectivity index (χ3n) is 4.63. The second-order valence-corrected chi connectivity index (χ2v) is 8.43. The fraction of sp³-hybridized carbons (Fsp3) is 0.115. The van der Waals surface area contributed by atoms with Gasteiger partial charge in [-0.15, -0.1) is 0 Å². The van der Waals surface area contributed by atoms with Crippen LogP contribution in [-0.2, 0) is 9.59 Å². The van der Waals surface area contributed by atoms with Crippen LogP contribution in [0.2, 0.25) is 15.1 Å². The van der Waals surface area contributed by atoms with Crippen molar-refractivity contribution in [2.75, 3.05) is 23.8 Å². The van der Waals surface area contributed by atoms with E-state index in [0.29, 0.717) is 50.1 Å². The quantitative estimate of drug-likeness (QED) is 0.233. The van der Waals surface area contributed by atoms with Crippen molar-refractivity contribution in [2.24, 2.45) is 0 Å². The van der Waals surface area contributed by atoms with Crippen molar-refractivity contribution in [1.82, 2.24) is 0 Å². The van der Waals surface area contributed by atoms with Crippen molar-refractivity contribution in [1.29, 1.82) is 5.26 Å². The van der Waals surface area contributed by atoms with Crippen LogP contribution in [0.15, 0.2) is 66.2 Å². The summed E-state index contributed by atoms with van der Waals surface area (Å²) in [5.41, 5.74) is 1.26. The average molecular weight is 545 g/mol. The Morgan fingerprint density at radius 2 is 1.69 bits per heavy atom. The van der Waals surface area contributed by atoms with Gasteiger partial charge < -0.3 is 20.1 Å². The van der Waals surface area contributed by atoms with Crippen LogP contribution in [0.5, 0.6) is 11.5 Å². The largest absolute Gasteiger partial charge is 0.490 e. The maximum Gasteiger partial charge on any atom is 0.266 e. The molecule has 0 spiro atoms. The summed E-state index contributed by atoms with van der Waals surface area (Å²) in [6.07, 6.45) is 1.41. The average Bonchev–Trinajstić information content (AvgIpc) is 2.85. The number of para-hydroxylation sites is 1. The SMILES string of the molecule is CCOc1cc(/C=C(\C#N)C(=O)Nc2ccccc2Cl)ccc1OCC(=O)Nc1ccc(Cl)c(Cl)c1.